The largest absolute Gasteiger partial charge is 0.626 e. The van der Waals surface area contributed by atoms with Crippen LogP contribution in [0, 0.1) is 20.2 Å². The van der Waals surface area contributed by atoms with Crippen molar-refractivity contribution in [3.63, 3.8) is 0 Å². The molecule has 0 bridgehead atoms. The molecule has 0 aromatic carbocycles. The number of nitrogens with one attached hydrogen (secondary N) is 1. The second-order valence-electron chi connectivity index (χ2n) is 2.70. The van der Waals surface area contributed by atoms with Gasteiger partial charge in [-0.15, -0.1) is 0 Å². The lowest BCUT2D eigenvalue weighted by atomic mass is 10.3. The van der Waals surface area contributed by atoms with Crippen LogP contribution in [0.15, 0.2) is 0 Å². The number of halogens is 1. The normalized spacial score (nSPS) is 13.5. The van der Waals surface area contributed by atoms with Crippen molar-refractivity contribution in [2.75, 3.05) is 19.7 Å². The first-order chi connectivity index (χ1) is 6.84. The van der Waals surface area contributed by atoms with Gasteiger partial charge in [0, 0.05) is 6.54 Å². The summed E-state index contributed by atoms with van der Waals surface area (Å²) in [5, 5.41) is 39.1. The summed E-state index contributed by atoms with van der Waals surface area (Å²) in [4.78, 5) is 16.7. The number of nitro groups is 2. The fourth-order valence-electron chi connectivity index (χ4n) is 0.658. The van der Waals surface area contributed by atoms with Crippen molar-refractivity contribution in [2.45, 2.75) is 12.0 Å². The van der Waals surface area contributed by atoms with Crippen LogP contribution in [-0.4, -0.2) is 51.8 Å². The van der Waals surface area contributed by atoms with E-state index >= 15 is 0 Å². The van der Waals surface area contributed by atoms with Gasteiger partial charge >= 0.3 is 5.92 Å². The molecule has 0 amide bonds. The molecular formula is C5H10FN3O6. The van der Waals surface area contributed by atoms with Crippen molar-refractivity contribution in [1.82, 2.24) is 5.32 Å². The molecule has 0 aromatic rings. The average Bonchev–Trinajstić information content (AvgIpc) is 2.16. The van der Waals surface area contributed by atoms with Gasteiger partial charge in [0.05, 0.1) is 12.7 Å². The summed E-state index contributed by atoms with van der Waals surface area (Å²) >= 11 is 0. The predicted octanol–water partition coefficient (Wildman–Crippen LogP) is -1.89. The van der Waals surface area contributed by atoms with Crippen LogP contribution in [-0.2, 0) is 0 Å². The number of alkyl halides is 1. The predicted molar refractivity (Wildman–Crippen MR) is 43.8 cm³/mol. The van der Waals surface area contributed by atoms with Gasteiger partial charge in [0.15, 0.2) is 6.54 Å². The van der Waals surface area contributed by atoms with Gasteiger partial charge in [-0.1, -0.05) is 4.39 Å². The number of aliphatic hydroxyl groups is 2. The Labute approximate surface area is 82.8 Å². The van der Waals surface area contributed by atoms with Crippen LogP contribution in [0.5, 0.6) is 0 Å². The molecule has 3 N–H and O–H groups in total. The molecule has 9 nitrogen and oxygen atoms in total. The molecule has 0 aromatic heterocycles. The number of nitrogens with zero attached hydrogens (tertiary/aromatic N) is 2. The average molecular weight is 227 g/mol. The quantitative estimate of drug-likeness (QED) is 0.200. The molecule has 0 rings (SSSR count). The van der Waals surface area contributed by atoms with E-state index in [0.29, 0.717) is 0 Å². The molecular weight excluding hydrogens is 217 g/mol. The van der Waals surface area contributed by atoms with Crippen LogP contribution in [0.25, 0.3) is 0 Å². The second kappa shape index (κ2) is 5.48. The Morgan fingerprint density at radius 2 is 1.87 bits per heavy atom. The molecule has 0 heterocycles. The molecule has 15 heavy (non-hydrogen) atoms. The fourth-order valence-corrected chi connectivity index (χ4v) is 0.658. The number of rotatable bonds is 7. The molecule has 0 fully saturated rings. The zero-order valence-electron chi connectivity index (χ0n) is 7.50. The van der Waals surface area contributed by atoms with E-state index in [2.05, 4.69) is 0 Å². The van der Waals surface area contributed by atoms with Gasteiger partial charge in [0.2, 0.25) is 0 Å². The van der Waals surface area contributed by atoms with E-state index in [0.717, 1.165) is 0 Å². The van der Waals surface area contributed by atoms with E-state index in [-0.39, 0.29) is 6.54 Å². The van der Waals surface area contributed by atoms with Crippen LogP contribution < -0.4 is 5.32 Å². The summed E-state index contributed by atoms with van der Waals surface area (Å²) in [5.41, 5.74) is 0. The van der Waals surface area contributed by atoms with E-state index in [1.165, 1.54) is 0 Å². The third-order valence-corrected chi connectivity index (χ3v) is 1.50. The molecule has 1 unspecified atom stereocenters. The summed E-state index contributed by atoms with van der Waals surface area (Å²) < 4.78 is 13.0. The van der Waals surface area contributed by atoms with Crippen molar-refractivity contribution < 1.29 is 24.5 Å². The lowest BCUT2D eigenvalue weighted by Gasteiger charge is -2.11. The Morgan fingerprint density at radius 3 is 2.20 bits per heavy atom. The SMILES string of the molecule is O=[N+]([O-])C(F)(CNCC(O)CO)[N+](=O)[O-]. The van der Waals surface area contributed by atoms with Gasteiger partial charge < -0.3 is 10.2 Å². The third kappa shape index (κ3) is 3.69. The van der Waals surface area contributed by atoms with Crippen molar-refractivity contribution in [2.24, 2.45) is 0 Å². The summed E-state index contributed by atoms with van der Waals surface area (Å²) in [6, 6.07) is 0. The maximum Gasteiger partial charge on any atom is 0.626 e. The van der Waals surface area contributed by atoms with Crippen LogP contribution in [0.1, 0.15) is 0 Å². The third-order valence-electron chi connectivity index (χ3n) is 1.50. The highest BCUT2D eigenvalue weighted by Gasteiger charge is 2.57. The summed E-state index contributed by atoms with van der Waals surface area (Å²) in [7, 11) is 0. The Morgan fingerprint density at radius 1 is 1.40 bits per heavy atom. The number of aliphatic hydroxyl groups excluding tert-OH is 2. The minimum atomic E-state index is -3.82. The van der Waals surface area contributed by atoms with Gasteiger partial charge in [-0.2, -0.15) is 0 Å². The maximum atomic E-state index is 13.0. The van der Waals surface area contributed by atoms with Crippen LogP contribution in [0.4, 0.5) is 4.39 Å². The first-order valence-electron chi connectivity index (χ1n) is 3.82. The Kier molecular flexibility index (Phi) is 4.97. The van der Waals surface area contributed by atoms with Gasteiger partial charge in [0.1, 0.15) is 9.85 Å². The Hall–Kier alpha value is -1.39. The molecule has 0 aliphatic rings. The van der Waals surface area contributed by atoms with Crippen molar-refractivity contribution in [3.8, 4) is 0 Å². The minimum Gasteiger partial charge on any atom is -0.394 e. The molecule has 0 aliphatic heterocycles. The fraction of sp³-hybridized carbons (Fsp3) is 1.00. The lowest BCUT2D eigenvalue weighted by Crippen LogP contribution is -2.51. The van der Waals surface area contributed by atoms with Crippen LogP contribution >= 0.6 is 0 Å². The van der Waals surface area contributed by atoms with Crippen molar-refractivity contribution in [3.05, 3.63) is 20.2 Å². The van der Waals surface area contributed by atoms with E-state index < -0.39 is 35.0 Å². The first-order valence-corrected chi connectivity index (χ1v) is 3.82. The number of hydrogen-bond acceptors (Lipinski definition) is 7. The molecule has 0 saturated carbocycles. The molecule has 10 heteroatoms. The molecule has 0 spiro atoms. The van der Waals surface area contributed by atoms with Crippen LogP contribution in [0.2, 0.25) is 0 Å². The standard InChI is InChI=1S/C5H10FN3O6/c6-5(8(12)13,9(14)15)3-7-1-4(11)2-10/h4,7,10-11H,1-3H2. The number of hydrogen-bond donors (Lipinski definition) is 3. The smallest absolute Gasteiger partial charge is 0.394 e. The van der Waals surface area contributed by atoms with Gasteiger partial charge in [-0.3, -0.25) is 25.5 Å². The van der Waals surface area contributed by atoms with Gasteiger partial charge in [-0.05, 0) is 0 Å². The Balaban J connectivity index is 4.21. The summed E-state index contributed by atoms with van der Waals surface area (Å²) in [6.07, 6.45) is -1.26. The Bertz CT molecular complexity index is 235. The monoisotopic (exact) mass is 227 g/mol. The van der Waals surface area contributed by atoms with Gasteiger partial charge in [0.25, 0.3) is 0 Å². The molecule has 0 saturated heterocycles. The zero-order chi connectivity index (χ0) is 12.1. The van der Waals surface area contributed by atoms with Crippen LogP contribution in [0.3, 0.4) is 0 Å². The zero-order valence-corrected chi connectivity index (χ0v) is 7.50. The summed E-state index contributed by atoms with van der Waals surface area (Å²) in [5.74, 6) is -3.82. The van der Waals surface area contributed by atoms with Crippen molar-refractivity contribution >= 4 is 0 Å². The molecule has 1 atom stereocenters. The van der Waals surface area contributed by atoms with Gasteiger partial charge in [-0.25, -0.2) is 0 Å². The maximum absolute atomic E-state index is 13.0. The molecule has 88 valence electrons. The van der Waals surface area contributed by atoms with E-state index in [4.69, 9.17) is 10.2 Å². The second-order valence-corrected chi connectivity index (χ2v) is 2.70. The first kappa shape index (κ1) is 13.6. The topological polar surface area (TPSA) is 139 Å². The minimum absolute atomic E-state index is 0.385. The van der Waals surface area contributed by atoms with Crippen molar-refractivity contribution in [1.29, 1.82) is 0 Å². The van der Waals surface area contributed by atoms with E-state index in [1.54, 1.807) is 0 Å². The molecule has 0 aliphatic carbocycles. The highest BCUT2D eigenvalue weighted by atomic mass is 19.2. The summed E-state index contributed by atoms with van der Waals surface area (Å²) in [6.45, 7) is -2.21. The van der Waals surface area contributed by atoms with E-state index in [1.807, 2.05) is 5.32 Å². The lowest BCUT2D eigenvalue weighted by molar-refractivity contribution is -0.828. The highest BCUT2D eigenvalue weighted by Crippen LogP contribution is 2.11. The highest BCUT2D eigenvalue weighted by molar-refractivity contribution is 4.62. The van der Waals surface area contributed by atoms with E-state index in [9.17, 15) is 24.6 Å². The molecule has 0 radical (unpaired) electrons.